The number of rotatable bonds is 10. The number of carbonyl (C=O) groups excluding carboxylic acids is 2. The number of H-pyrrole nitrogens is 1. The number of ether oxygens (including phenoxy) is 2. The van der Waals surface area contributed by atoms with Crippen molar-refractivity contribution in [2.24, 2.45) is 0 Å². The Morgan fingerprint density at radius 3 is 2.31 bits per heavy atom. The van der Waals surface area contributed by atoms with E-state index >= 15 is 0 Å². The molecule has 0 saturated carbocycles. The SMILES string of the molecule is COC(CNC(=O)OCC1c2ccccc2-c2ccccc21)C(=O)N[C@@H](Cc1cnc[nH]1)C(=O)O. The number of aliphatic carboxylic acids is 1. The van der Waals surface area contributed by atoms with Crippen LogP contribution in [0.5, 0.6) is 0 Å². The van der Waals surface area contributed by atoms with Gasteiger partial charge in [-0.2, -0.15) is 0 Å². The lowest BCUT2D eigenvalue weighted by Gasteiger charge is -2.20. The number of alkyl carbamates (subject to hydrolysis) is 1. The van der Waals surface area contributed by atoms with Crippen molar-refractivity contribution in [1.29, 1.82) is 0 Å². The van der Waals surface area contributed by atoms with Crippen LogP contribution in [0, 0.1) is 0 Å². The second-order valence-electron chi connectivity index (χ2n) is 8.11. The van der Waals surface area contributed by atoms with E-state index in [0.717, 1.165) is 22.3 Å². The number of imidazole rings is 1. The highest BCUT2D eigenvalue weighted by Crippen LogP contribution is 2.44. The first-order valence-electron chi connectivity index (χ1n) is 11.1. The summed E-state index contributed by atoms with van der Waals surface area (Å²) in [6.07, 6.45) is 1.13. The Morgan fingerprint density at radius 1 is 1.09 bits per heavy atom. The number of aromatic amines is 1. The fourth-order valence-electron chi connectivity index (χ4n) is 4.19. The molecule has 182 valence electrons. The molecule has 10 heteroatoms. The highest BCUT2D eigenvalue weighted by atomic mass is 16.5. The van der Waals surface area contributed by atoms with Gasteiger partial charge in [-0.15, -0.1) is 0 Å². The van der Waals surface area contributed by atoms with Crippen LogP contribution in [-0.2, 0) is 25.5 Å². The van der Waals surface area contributed by atoms with Gasteiger partial charge >= 0.3 is 12.1 Å². The van der Waals surface area contributed by atoms with Crippen molar-refractivity contribution in [3.63, 3.8) is 0 Å². The number of benzene rings is 2. The number of hydrogen-bond acceptors (Lipinski definition) is 6. The molecule has 0 saturated heterocycles. The lowest BCUT2D eigenvalue weighted by molar-refractivity contribution is -0.143. The molecular weight excluding hydrogens is 452 g/mol. The standard InChI is InChI=1S/C25H26N4O6/c1-34-22(23(30)29-21(24(31)32)10-15-11-26-14-28-15)12-27-25(33)35-13-20-18-8-4-2-6-16(18)17-7-3-5-9-19(17)20/h2-9,11,14,20-22H,10,12-13H2,1H3,(H,26,28)(H,27,33)(H,29,30)(H,31,32)/t21-,22?/m0/s1. The number of amides is 2. The monoisotopic (exact) mass is 478 g/mol. The molecule has 4 N–H and O–H groups in total. The maximum atomic E-state index is 12.6. The Bertz CT molecular complexity index is 1150. The van der Waals surface area contributed by atoms with Gasteiger partial charge in [-0.1, -0.05) is 48.5 Å². The van der Waals surface area contributed by atoms with E-state index in [-0.39, 0.29) is 25.5 Å². The maximum Gasteiger partial charge on any atom is 0.407 e. The third kappa shape index (κ3) is 5.49. The highest BCUT2D eigenvalue weighted by Gasteiger charge is 2.30. The summed E-state index contributed by atoms with van der Waals surface area (Å²) >= 11 is 0. The van der Waals surface area contributed by atoms with Crippen LogP contribution in [0.1, 0.15) is 22.7 Å². The molecule has 1 aliphatic carbocycles. The average molecular weight is 479 g/mol. The zero-order valence-corrected chi connectivity index (χ0v) is 19.1. The van der Waals surface area contributed by atoms with E-state index in [2.05, 4.69) is 20.6 Å². The fourth-order valence-corrected chi connectivity index (χ4v) is 4.19. The van der Waals surface area contributed by atoms with Crippen molar-refractivity contribution in [2.45, 2.75) is 24.5 Å². The normalized spacial score (nSPS) is 13.9. The van der Waals surface area contributed by atoms with Crippen molar-refractivity contribution >= 4 is 18.0 Å². The van der Waals surface area contributed by atoms with Crippen LogP contribution in [-0.4, -0.2) is 65.5 Å². The average Bonchev–Trinajstić information content (AvgIpc) is 3.48. The first-order chi connectivity index (χ1) is 17.0. The number of fused-ring (bicyclic) bond motifs is 3. The first-order valence-corrected chi connectivity index (χ1v) is 11.1. The van der Waals surface area contributed by atoms with E-state index in [1.165, 1.54) is 19.6 Å². The molecule has 10 nitrogen and oxygen atoms in total. The maximum absolute atomic E-state index is 12.6. The van der Waals surface area contributed by atoms with E-state index in [4.69, 9.17) is 9.47 Å². The fraction of sp³-hybridized carbons (Fsp3) is 0.280. The van der Waals surface area contributed by atoms with Gasteiger partial charge in [-0.05, 0) is 22.3 Å². The molecule has 2 aromatic carbocycles. The van der Waals surface area contributed by atoms with Crippen LogP contribution in [0.15, 0.2) is 61.1 Å². The molecule has 0 aliphatic heterocycles. The summed E-state index contributed by atoms with van der Waals surface area (Å²) in [7, 11) is 1.30. The third-order valence-electron chi connectivity index (χ3n) is 5.95. The van der Waals surface area contributed by atoms with Gasteiger partial charge < -0.3 is 30.2 Å². The number of hydrogen-bond donors (Lipinski definition) is 4. The zero-order chi connectivity index (χ0) is 24.8. The molecule has 0 fully saturated rings. The number of carboxylic acid groups (broad SMARTS) is 1. The van der Waals surface area contributed by atoms with Crippen LogP contribution in [0.2, 0.25) is 0 Å². The molecule has 2 amide bonds. The van der Waals surface area contributed by atoms with Crippen molar-refractivity contribution in [2.75, 3.05) is 20.3 Å². The molecule has 3 aromatic rings. The lowest BCUT2D eigenvalue weighted by atomic mass is 9.98. The van der Waals surface area contributed by atoms with Crippen molar-refractivity contribution in [3.05, 3.63) is 77.9 Å². The number of carbonyl (C=O) groups is 3. The van der Waals surface area contributed by atoms with Crippen LogP contribution in [0.4, 0.5) is 4.79 Å². The largest absolute Gasteiger partial charge is 0.480 e. The molecule has 0 bridgehead atoms. The van der Waals surface area contributed by atoms with Crippen LogP contribution < -0.4 is 10.6 Å². The Morgan fingerprint density at radius 2 is 1.74 bits per heavy atom. The molecule has 0 radical (unpaired) electrons. The molecule has 4 rings (SSSR count). The van der Waals surface area contributed by atoms with Crippen LogP contribution in [0.3, 0.4) is 0 Å². The second-order valence-corrected chi connectivity index (χ2v) is 8.11. The zero-order valence-electron chi connectivity index (χ0n) is 19.1. The molecule has 0 spiro atoms. The number of nitrogens with zero attached hydrogens (tertiary/aromatic N) is 1. The molecular formula is C25H26N4O6. The van der Waals surface area contributed by atoms with Crippen molar-refractivity contribution in [1.82, 2.24) is 20.6 Å². The minimum Gasteiger partial charge on any atom is -0.480 e. The molecule has 1 aromatic heterocycles. The first kappa shape index (κ1) is 24.0. The summed E-state index contributed by atoms with van der Waals surface area (Å²) in [4.78, 5) is 43.1. The Kier molecular flexibility index (Phi) is 7.41. The topological polar surface area (TPSA) is 143 Å². The van der Waals surface area contributed by atoms with E-state index in [9.17, 15) is 19.5 Å². The summed E-state index contributed by atoms with van der Waals surface area (Å²) in [6, 6.07) is 14.8. The van der Waals surface area contributed by atoms with Gasteiger partial charge in [-0.25, -0.2) is 14.6 Å². The van der Waals surface area contributed by atoms with Crippen molar-refractivity contribution in [3.8, 4) is 11.1 Å². The number of carboxylic acids is 1. The summed E-state index contributed by atoms with van der Waals surface area (Å²) in [5.41, 5.74) is 4.98. The summed E-state index contributed by atoms with van der Waals surface area (Å²) in [5, 5.41) is 14.4. The quantitative estimate of drug-likeness (QED) is 0.349. The van der Waals surface area contributed by atoms with Crippen LogP contribution >= 0.6 is 0 Å². The van der Waals surface area contributed by atoms with E-state index < -0.39 is 30.1 Å². The van der Waals surface area contributed by atoms with Gasteiger partial charge in [0.15, 0.2) is 6.10 Å². The van der Waals surface area contributed by atoms with Gasteiger partial charge in [0.05, 0.1) is 12.9 Å². The second kappa shape index (κ2) is 10.8. The summed E-state index contributed by atoms with van der Waals surface area (Å²) in [5.74, 6) is -1.96. The van der Waals surface area contributed by atoms with Crippen molar-refractivity contribution < 1.29 is 29.0 Å². The smallest absolute Gasteiger partial charge is 0.407 e. The van der Waals surface area contributed by atoms with Gasteiger partial charge in [0.2, 0.25) is 0 Å². The van der Waals surface area contributed by atoms with E-state index in [1.807, 2.05) is 48.5 Å². The predicted molar refractivity (Wildman–Crippen MR) is 126 cm³/mol. The molecule has 1 unspecified atom stereocenters. The highest BCUT2D eigenvalue weighted by molar-refractivity contribution is 5.87. The number of methoxy groups -OCH3 is 1. The molecule has 35 heavy (non-hydrogen) atoms. The van der Waals surface area contributed by atoms with E-state index in [0.29, 0.717) is 5.69 Å². The molecule has 2 atom stereocenters. The van der Waals surface area contributed by atoms with E-state index in [1.54, 1.807) is 0 Å². The summed E-state index contributed by atoms with van der Waals surface area (Å²) < 4.78 is 10.6. The summed E-state index contributed by atoms with van der Waals surface area (Å²) in [6.45, 7) is -0.0512. The van der Waals surface area contributed by atoms with Crippen LogP contribution in [0.25, 0.3) is 11.1 Å². The Labute approximate surface area is 201 Å². The Balaban J connectivity index is 1.30. The van der Waals surface area contributed by atoms with Gasteiger partial charge in [0, 0.05) is 31.3 Å². The number of aromatic nitrogens is 2. The predicted octanol–water partition coefficient (Wildman–Crippen LogP) is 2.08. The molecule has 1 heterocycles. The lowest BCUT2D eigenvalue weighted by Crippen LogP contribution is -2.50. The third-order valence-corrected chi connectivity index (χ3v) is 5.95. The van der Waals surface area contributed by atoms with Gasteiger partial charge in [0.25, 0.3) is 5.91 Å². The number of nitrogens with one attached hydrogen (secondary N) is 3. The minimum absolute atomic E-state index is 0.0251. The Hall–Kier alpha value is -4.18. The van der Waals surface area contributed by atoms with Gasteiger partial charge in [-0.3, -0.25) is 4.79 Å². The van der Waals surface area contributed by atoms with Gasteiger partial charge in [0.1, 0.15) is 12.6 Å². The minimum atomic E-state index is -1.20. The molecule has 1 aliphatic rings.